The number of hydrogen-bond acceptors (Lipinski definition) is 2. The minimum Gasteiger partial charge on any atom is -0.356 e. The van der Waals surface area contributed by atoms with Gasteiger partial charge in [-0.25, -0.2) is 0 Å². The van der Waals surface area contributed by atoms with Crippen molar-refractivity contribution < 1.29 is 9.59 Å². The van der Waals surface area contributed by atoms with Crippen molar-refractivity contribution in [3.8, 4) is 0 Å². The average molecular weight is 416 g/mol. The maximum Gasteiger partial charge on any atom is 0.246 e. The first kappa shape index (κ1) is 19.9. The van der Waals surface area contributed by atoms with Gasteiger partial charge in [0.2, 0.25) is 11.8 Å². The van der Waals surface area contributed by atoms with Gasteiger partial charge in [0.1, 0.15) is 6.04 Å². The number of aryl methyl sites for hydroxylation is 1. The summed E-state index contributed by atoms with van der Waals surface area (Å²) in [6.45, 7) is 5.05. The number of H-pyrrole nitrogens is 1. The molecule has 1 fully saturated rings. The van der Waals surface area contributed by atoms with Crippen LogP contribution in [0.3, 0.4) is 0 Å². The summed E-state index contributed by atoms with van der Waals surface area (Å²) in [4.78, 5) is 34.1. The second-order valence-corrected chi connectivity index (χ2v) is 8.86. The van der Waals surface area contributed by atoms with Crippen molar-refractivity contribution in [3.05, 3.63) is 70.9 Å². The molecular weight excluding hydrogens is 386 g/mol. The van der Waals surface area contributed by atoms with Crippen LogP contribution >= 0.6 is 0 Å². The quantitative estimate of drug-likeness (QED) is 0.630. The molecule has 1 N–H and O–H groups in total. The predicted octanol–water partition coefficient (Wildman–Crippen LogP) is 4.35. The van der Waals surface area contributed by atoms with Gasteiger partial charge in [0.25, 0.3) is 0 Å². The standard InChI is InChI=1S/C26H29N3O2/c1-3-4-7-14-28-16-23(30)29-22(26(28)31)15-20-19-8-5-6-9-21(19)27-24(20)25(29)18-12-10-17(2)11-13-18/h5-6,8-13,22,25,27H,3-4,7,14-16H2,1-2H3/t22-,25+/m1/s1. The maximum absolute atomic E-state index is 13.5. The highest BCUT2D eigenvalue weighted by Crippen LogP contribution is 2.42. The molecule has 0 saturated carbocycles. The first-order valence-electron chi connectivity index (χ1n) is 11.3. The SMILES string of the molecule is CCCCCN1CC(=O)N2[C@@H](c3ccc(C)cc3)c3[nH]c4ccccc4c3C[C@@H]2C1=O. The van der Waals surface area contributed by atoms with E-state index in [0.717, 1.165) is 41.4 Å². The molecule has 2 aliphatic rings. The van der Waals surface area contributed by atoms with Crippen LogP contribution in [0.4, 0.5) is 0 Å². The third-order valence-corrected chi connectivity index (χ3v) is 6.77. The Morgan fingerprint density at radius 3 is 2.58 bits per heavy atom. The molecule has 5 rings (SSSR count). The van der Waals surface area contributed by atoms with Gasteiger partial charge in [0.15, 0.2) is 0 Å². The van der Waals surface area contributed by atoms with Gasteiger partial charge in [-0.05, 0) is 30.5 Å². The summed E-state index contributed by atoms with van der Waals surface area (Å²) in [6, 6.07) is 15.9. The van der Waals surface area contributed by atoms with Crippen molar-refractivity contribution in [2.24, 2.45) is 0 Å². The van der Waals surface area contributed by atoms with Gasteiger partial charge in [-0.3, -0.25) is 9.59 Å². The minimum atomic E-state index is -0.444. The molecule has 1 aromatic heterocycles. The number of carbonyl (C=O) groups is 2. The number of hydrogen-bond donors (Lipinski definition) is 1. The molecule has 3 aromatic rings. The lowest BCUT2D eigenvalue weighted by molar-refractivity contribution is -0.158. The van der Waals surface area contributed by atoms with Crippen LogP contribution in [0, 0.1) is 6.92 Å². The summed E-state index contributed by atoms with van der Waals surface area (Å²) in [6.07, 6.45) is 3.68. The molecule has 160 valence electrons. The maximum atomic E-state index is 13.5. The molecule has 1 saturated heterocycles. The second kappa shape index (κ2) is 7.88. The van der Waals surface area contributed by atoms with E-state index in [4.69, 9.17) is 0 Å². The van der Waals surface area contributed by atoms with Crippen molar-refractivity contribution >= 4 is 22.7 Å². The van der Waals surface area contributed by atoms with Crippen LogP contribution in [0.15, 0.2) is 48.5 Å². The summed E-state index contributed by atoms with van der Waals surface area (Å²) in [7, 11) is 0. The first-order chi connectivity index (χ1) is 15.1. The molecule has 2 aliphatic heterocycles. The molecule has 2 atom stereocenters. The Morgan fingerprint density at radius 1 is 1.03 bits per heavy atom. The number of unbranched alkanes of at least 4 members (excludes halogenated alkanes) is 2. The number of para-hydroxylation sites is 1. The minimum absolute atomic E-state index is 0.0379. The average Bonchev–Trinajstić information content (AvgIpc) is 3.15. The monoisotopic (exact) mass is 415 g/mol. The van der Waals surface area contributed by atoms with Gasteiger partial charge in [0.05, 0.1) is 12.6 Å². The van der Waals surface area contributed by atoms with E-state index < -0.39 is 6.04 Å². The summed E-state index contributed by atoms with van der Waals surface area (Å²) in [5.74, 6) is 0.125. The fourth-order valence-electron chi connectivity index (χ4n) is 5.16. The second-order valence-electron chi connectivity index (χ2n) is 8.86. The zero-order valence-electron chi connectivity index (χ0n) is 18.2. The molecule has 0 unspecified atom stereocenters. The fourth-order valence-corrected chi connectivity index (χ4v) is 5.16. The fraction of sp³-hybridized carbons (Fsp3) is 0.385. The van der Waals surface area contributed by atoms with Crippen LogP contribution < -0.4 is 0 Å². The van der Waals surface area contributed by atoms with Gasteiger partial charge in [-0.2, -0.15) is 0 Å². The molecule has 0 bridgehead atoms. The number of benzene rings is 2. The normalized spacial score (nSPS) is 20.8. The Hall–Kier alpha value is -3.08. The summed E-state index contributed by atoms with van der Waals surface area (Å²) in [5, 5.41) is 1.15. The largest absolute Gasteiger partial charge is 0.356 e. The van der Waals surface area contributed by atoms with Gasteiger partial charge in [-0.15, -0.1) is 0 Å². The molecule has 0 radical (unpaired) electrons. The molecule has 2 amide bonds. The van der Waals surface area contributed by atoms with E-state index in [2.05, 4.69) is 55.2 Å². The highest BCUT2D eigenvalue weighted by Gasteiger charge is 2.47. The van der Waals surface area contributed by atoms with E-state index >= 15 is 0 Å². The zero-order chi connectivity index (χ0) is 21.5. The highest BCUT2D eigenvalue weighted by atomic mass is 16.2. The Morgan fingerprint density at radius 2 is 1.81 bits per heavy atom. The van der Waals surface area contributed by atoms with Crippen molar-refractivity contribution in [2.75, 3.05) is 13.1 Å². The van der Waals surface area contributed by atoms with Crippen LogP contribution in [0.5, 0.6) is 0 Å². The lowest BCUT2D eigenvalue weighted by Crippen LogP contribution is -2.63. The predicted molar refractivity (Wildman–Crippen MR) is 122 cm³/mol. The van der Waals surface area contributed by atoms with Crippen LogP contribution in [-0.4, -0.2) is 45.7 Å². The van der Waals surface area contributed by atoms with Gasteiger partial charge in [-0.1, -0.05) is 67.8 Å². The lowest BCUT2D eigenvalue weighted by Gasteiger charge is -2.47. The molecule has 5 heteroatoms. The van der Waals surface area contributed by atoms with Crippen molar-refractivity contribution in [3.63, 3.8) is 0 Å². The smallest absolute Gasteiger partial charge is 0.246 e. The highest BCUT2D eigenvalue weighted by molar-refractivity contribution is 5.97. The number of piperazine rings is 1. The number of nitrogens with zero attached hydrogens (tertiary/aromatic N) is 2. The Kier molecular flexibility index (Phi) is 5.05. The van der Waals surface area contributed by atoms with Gasteiger partial charge < -0.3 is 14.8 Å². The van der Waals surface area contributed by atoms with Gasteiger partial charge in [0, 0.05) is 29.6 Å². The number of carbonyl (C=O) groups excluding carboxylic acids is 2. The summed E-state index contributed by atoms with van der Waals surface area (Å²) >= 11 is 0. The molecule has 2 aromatic carbocycles. The third-order valence-electron chi connectivity index (χ3n) is 6.77. The zero-order valence-corrected chi connectivity index (χ0v) is 18.2. The number of aromatic nitrogens is 1. The van der Waals surface area contributed by atoms with E-state index in [1.807, 2.05) is 17.0 Å². The molecule has 5 nitrogen and oxygen atoms in total. The molecule has 0 spiro atoms. The van der Waals surface area contributed by atoms with E-state index in [1.54, 1.807) is 4.90 Å². The number of nitrogens with one attached hydrogen (secondary N) is 1. The van der Waals surface area contributed by atoms with Crippen LogP contribution in [0.2, 0.25) is 0 Å². The van der Waals surface area contributed by atoms with E-state index in [9.17, 15) is 9.59 Å². The van der Waals surface area contributed by atoms with Crippen LogP contribution in [0.1, 0.15) is 54.6 Å². The summed E-state index contributed by atoms with van der Waals surface area (Å²) in [5.41, 5.74) is 5.49. The summed E-state index contributed by atoms with van der Waals surface area (Å²) < 4.78 is 0. The van der Waals surface area contributed by atoms with Crippen molar-refractivity contribution in [2.45, 2.75) is 51.6 Å². The van der Waals surface area contributed by atoms with Crippen molar-refractivity contribution in [1.82, 2.24) is 14.8 Å². The van der Waals surface area contributed by atoms with Crippen molar-refractivity contribution in [1.29, 1.82) is 0 Å². The van der Waals surface area contributed by atoms with Gasteiger partial charge >= 0.3 is 0 Å². The Labute approximate surface area is 183 Å². The third kappa shape index (κ3) is 3.32. The molecular formula is C26H29N3O2. The van der Waals surface area contributed by atoms with Crippen LogP contribution in [0.25, 0.3) is 10.9 Å². The first-order valence-corrected chi connectivity index (χ1v) is 11.3. The number of aromatic amines is 1. The number of amides is 2. The molecule has 31 heavy (non-hydrogen) atoms. The number of fused-ring (bicyclic) bond motifs is 4. The molecule has 3 heterocycles. The van der Waals surface area contributed by atoms with E-state index in [-0.39, 0.29) is 24.4 Å². The topological polar surface area (TPSA) is 56.4 Å². The Bertz CT molecular complexity index is 1130. The Balaban J connectivity index is 1.61. The number of rotatable bonds is 5. The van der Waals surface area contributed by atoms with E-state index in [0.29, 0.717) is 13.0 Å². The lowest BCUT2D eigenvalue weighted by atomic mass is 9.86. The van der Waals surface area contributed by atoms with Crippen LogP contribution in [-0.2, 0) is 16.0 Å². The van der Waals surface area contributed by atoms with E-state index in [1.165, 1.54) is 11.1 Å². The molecule has 0 aliphatic carbocycles.